The topological polar surface area (TPSA) is 65.7 Å². The lowest BCUT2D eigenvalue weighted by Crippen LogP contribution is -2.23. The summed E-state index contributed by atoms with van der Waals surface area (Å²) < 4.78 is 14.3. The Hall–Kier alpha value is -2.68. The fraction of sp³-hybridized carbons (Fsp3) is 0.222. The van der Waals surface area contributed by atoms with E-state index in [0.29, 0.717) is 49.9 Å². The Labute approximate surface area is 231 Å². The third kappa shape index (κ3) is 5.51. The second kappa shape index (κ2) is 11.2. The zero-order valence-corrected chi connectivity index (χ0v) is 24.1. The first-order valence-electron chi connectivity index (χ1n) is 11.2. The third-order valence-corrected chi connectivity index (χ3v) is 7.48. The van der Waals surface area contributed by atoms with Gasteiger partial charge in [-0.05, 0) is 52.7 Å². The van der Waals surface area contributed by atoms with Gasteiger partial charge in [0.05, 0.1) is 24.2 Å². The lowest BCUT2D eigenvalue weighted by atomic mass is 10.1. The predicted octanol–water partition coefficient (Wildman–Crippen LogP) is 7.48. The largest absolute Gasteiger partial charge is 0.493 e. The first-order chi connectivity index (χ1) is 17.2. The maximum Gasteiger partial charge on any atom is 0.282 e. The average Bonchev–Trinajstić information content (AvgIpc) is 2.86. The van der Waals surface area contributed by atoms with Gasteiger partial charge in [-0.25, -0.2) is 4.98 Å². The van der Waals surface area contributed by atoms with E-state index in [1.807, 2.05) is 57.2 Å². The summed E-state index contributed by atoms with van der Waals surface area (Å²) in [6.45, 7) is 6.30. The molecule has 1 aromatic heterocycles. The molecule has 0 bridgehead atoms. The van der Waals surface area contributed by atoms with Crippen molar-refractivity contribution in [2.24, 2.45) is 5.10 Å². The SMILES string of the molecule is COc1cc(C=Nn2c(C(C)C)nc3ccc(Br)cc3c2=O)c(Br)c(Cl)c1OCc1ccc(C)cc1. The number of nitrogens with zero attached hydrogens (tertiary/aromatic N) is 3. The molecule has 0 aliphatic heterocycles. The minimum atomic E-state index is -0.256. The van der Waals surface area contributed by atoms with E-state index in [0.717, 1.165) is 10.0 Å². The lowest BCUT2D eigenvalue weighted by Gasteiger charge is -2.15. The fourth-order valence-corrected chi connectivity index (χ4v) is 4.61. The number of hydrogen-bond acceptors (Lipinski definition) is 5. The molecule has 0 amide bonds. The van der Waals surface area contributed by atoms with E-state index in [1.165, 1.54) is 10.2 Å². The standard InChI is InChI=1S/C27H24Br2ClN3O3/c1-15(2)26-32-21-10-9-19(28)12-20(21)27(34)33(26)31-13-18-11-22(35-4)25(24(30)23(18)29)36-14-17-7-5-16(3)6-8-17/h5-13,15H,14H2,1-4H3. The van der Waals surface area contributed by atoms with E-state index in [2.05, 4.69) is 41.9 Å². The van der Waals surface area contributed by atoms with Crippen LogP contribution in [0.15, 0.2) is 67.4 Å². The van der Waals surface area contributed by atoms with Crippen LogP contribution in [0.1, 0.15) is 42.3 Å². The van der Waals surface area contributed by atoms with Crippen molar-refractivity contribution in [3.8, 4) is 11.5 Å². The van der Waals surface area contributed by atoms with Gasteiger partial charge in [0.2, 0.25) is 0 Å². The zero-order chi connectivity index (χ0) is 26.0. The van der Waals surface area contributed by atoms with Crippen LogP contribution in [0.25, 0.3) is 10.9 Å². The molecule has 186 valence electrons. The summed E-state index contributed by atoms with van der Waals surface area (Å²) in [4.78, 5) is 18.0. The van der Waals surface area contributed by atoms with Gasteiger partial charge < -0.3 is 9.47 Å². The Bertz CT molecular complexity index is 1520. The molecule has 0 unspecified atom stereocenters. The maximum atomic E-state index is 13.3. The summed E-state index contributed by atoms with van der Waals surface area (Å²) in [5.74, 6) is 1.40. The van der Waals surface area contributed by atoms with Crippen LogP contribution in [0.5, 0.6) is 11.5 Å². The van der Waals surface area contributed by atoms with Crippen LogP contribution in [0.2, 0.25) is 5.02 Å². The summed E-state index contributed by atoms with van der Waals surface area (Å²) >= 11 is 13.6. The fourth-order valence-electron chi connectivity index (χ4n) is 3.60. The number of methoxy groups -OCH3 is 1. The van der Waals surface area contributed by atoms with Gasteiger partial charge in [-0.15, -0.1) is 0 Å². The van der Waals surface area contributed by atoms with Crippen LogP contribution in [-0.4, -0.2) is 23.0 Å². The number of fused-ring (bicyclic) bond motifs is 1. The minimum Gasteiger partial charge on any atom is -0.493 e. The Morgan fingerprint density at radius 2 is 1.86 bits per heavy atom. The molecule has 36 heavy (non-hydrogen) atoms. The number of rotatable bonds is 7. The van der Waals surface area contributed by atoms with E-state index in [4.69, 9.17) is 21.1 Å². The van der Waals surface area contributed by atoms with Crippen LogP contribution in [0.3, 0.4) is 0 Å². The van der Waals surface area contributed by atoms with Gasteiger partial charge in [0.15, 0.2) is 11.5 Å². The molecule has 0 N–H and O–H groups in total. The highest BCUT2D eigenvalue weighted by Crippen LogP contribution is 2.42. The van der Waals surface area contributed by atoms with Gasteiger partial charge in [0, 0.05) is 20.4 Å². The molecule has 0 aliphatic carbocycles. The van der Waals surface area contributed by atoms with Crippen LogP contribution >= 0.6 is 43.5 Å². The number of aromatic nitrogens is 2. The number of halogens is 3. The smallest absolute Gasteiger partial charge is 0.282 e. The molecule has 1 heterocycles. The number of ether oxygens (including phenoxy) is 2. The monoisotopic (exact) mass is 631 g/mol. The first-order valence-corrected chi connectivity index (χ1v) is 13.2. The number of benzene rings is 3. The molecule has 0 saturated carbocycles. The van der Waals surface area contributed by atoms with Crippen molar-refractivity contribution in [1.29, 1.82) is 0 Å². The summed E-state index contributed by atoms with van der Waals surface area (Å²) in [6.07, 6.45) is 1.56. The van der Waals surface area contributed by atoms with Gasteiger partial charge in [-0.3, -0.25) is 4.79 Å². The Balaban J connectivity index is 1.73. The highest BCUT2D eigenvalue weighted by Gasteiger charge is 2.18. The van der Waals surface area contributed by atoms with Crippen LogP contribution < -0.4 is 15.0 Å². The molecule has 0 spiro atoms. The summed E-state index contributed by atoms with van der Waals surface area (Å²) in [6, 6.07) is 15.3. The molecule has 9 heteroatoms. The van der Waals surface area contributed by atoms with Crippen LogP contribution in [-0.2, 0) is 6.61 Å². The predicted molar refractivity (Wildman–Crippen MR) is 152 cm³/mol. The van der Waals surface area contributed by atoms with E-state index >= 15 is 0 Å². The van der Waals surface area contributed by atoms with Crippen molar-refractivity contribution in [1.82, 2.24) is 9.66 Å². The molecule has 4 rings (SSSR count). The normalized spacial score (nSPS) is 11.6. The Kier molecular flexibility index (Phi) is 8.17. The molecule has 0 radical (unpaired) electrons. The van der Waals surface area contributed by atoms with E-state index in [9.17, 15) is 4.79 Å². The first kappa shape index (κ1) is 26.4. The van der Waals surface area contributed by atoms with Crippen molar-refractivity contribution < 1.29 is 9.47 Å². The number of aryl methyl sites for hydroxylation is 1. The van der Waals surface area contributed by atoms with Crippen molar-refractivity contribution in [3.63, 3.8) is 0 Å². The molecular weight excluding hydrogens is 610 g/mol. The highest BCUT2D eigenvalue weighted by atomic mass is 79.9. The molecule has 0 saturated heterocycles. The van der Waals surface area contributed by atoms with Gasteiger partial charge in [-0.2, -0.15) is 9.78 Å². The molecule has 6 nitrogen and oxygen atoms in total. The van der Waals surface area contributed by atoms with Crippen molar-refractivity contribution in [3.05, 3.63) is 95.4 Å². The van der Waals surface area contributed by atoms with Crippen molar-refractivity contribution in [2.75, 3.05) is 7.11 Å². The summed E-state index contributed by atoms with van der Waals surface area (Å²) in [7, 11) is 1.55. The highest BCUT2D eigenvalue weighted by molar-refractivity contribution is 9.10. The van der Waals surface area contributed by atoms with Gasteiger partial charge >= 0.3 is 0 Å². The van der Waals surface area contributed by atoms with E-state index in [-0.39, 0.29) is 11.5 Å². The lowest BCUT2D eigenvalue weighted by molar-refractivity contribution is 0.284. The zero-order valence-electron chi connectivity index (χ0n) is 20.2. The quantitative estimate of drug-likeness (QED) is 0.198. The third-order valence-electron chi connectivity index (χ3n) is 5.54. The molecule has 3 aromatic carbocycles. The average molecular weight is 634 g/mol. The summed E-state index contributed by atoms with van der Waals surface area (Å²) in [5, 5.41) is 5.32. The second-order valence-corrected chi connectivity index (χ2v) is 10.6. The summed E-state index contributed by atoms with van der Waals surface area (Å²) in [5.41, 5.74) is 3.18. The molecule has 0 aliphatic rings. The van der Waals surface area contributed by atoms with Gasteiger partial charge in [0.25, 0.3) is 5.56 Å². The maximum absolute atomic E-state index is 13.3. The van der Waals surface area contributed by atoms with Crippen LogP contribution in [0.4, 0.5) is 0 Å². The van der Waals surface area contributed by atoms with E-state index in [1.54, 1.807) is 25.5 Å². The molecule has 0 fully saturated rings. The van der Waals surface area contributed by atoms with Crippen LogP contribution in [0, 0.1) is 6.92 Å². The number of hydrogen-bond donors (Lipinski definition) is 0. The van der Waals surface area contributed by atoms with Gasteiger partial charge in [-0.1, -0.05) is 71.2 Å². The molecule has 4 aromatic rings. The van der Waals surface area contributed by atoms with Crippen molar-refractivity contribution in [2.45, 2.75) is 33.3 Å². The van der Waals surface area contributed by atoms with Gasteiger partial charge in [0.1, 0.15) is 17.5 Å². The Morgan fingerprint density at radius 3 is 2.53 bits per heavy atom. The van der Waals surface area contributed by atoms with E-state index < -0.39 is 0 Å². The molecular formula is C27H24Br2ClN3O3. The van der Waals surface area contributed by atoms with Crippen molar-refractivity contribution >= 4 is 60.6 Å². The molecule has 0 atom stereocenters. The minimum absolute atomic E-state index is 0.0259. The second-order valence-electron chi connectivity index (χ2n) is 8.55. The Morgan fingerprint density at radius 1 is 1.14 bits per heavy atom.